The second-order valence-corrected chi connectivity index (χ2v) is 3.96. The summed E-state index contributed by atoms with van der Waals surface area (Å²) in [6.45, 7) is 1.99. The number of carbonyl (C=O) groups excluding carboxylic acids is 1. The van der Waals surface area contributed by atoms with Gasteiger partial charge in [-0.05, 0) is 13.0 Å². The van der Waals surface area contributed by atoms with Crippen molar-refractivity contribution < 1.29 is 18.7 Å². The van der Waals surface area contributed by atoms with E-state index in [2.05, 4.69) is 15.5 Å². The fraction of sp³-hybridized carbons (Fsp3) is 0.417. The van der Waals surface area contributed by atoms with Gasteiger partial charge in [0, 0.05) is 19.4 Å². The van der Waals surface area contributed by atoms with Crippen molar-refractivity contribution >= 4 is 5.91 Å². The van der Waals surface area contributed by atoms with Crippen LogP contribution in [0.15, 0.2) is 21.2 Å². The van der Waals surface area contributed by atoms with Gasteiger partial charge in [0.25, 0.3) is 5.89 Å². The lowest BCUT2D eigenvalue weighted by Gasteiger charge is -2.00. The number of aryl methyl sites for hydroxylation is 2. The molecular formula is C12H15N3O4. The molecule has 0 spiro atoms. The van der Waals surface area contributed by atoms with Gasteiger partial charge in [0.15, 0.2) is 0 Å². The molecule has 7 heteroatoms. The van der Waals surface area contributed by atoms with E-state index in [4.69, 9.17) is 13.9 Å². The molecule has 0 saturated heterocycles. The summed E-state index contributed by atoms with van der Waals surface area (Å²) in [6.07, 6.45) is 2.16. The molecule has 0 unspecified atom stereocenters. The predicted molar refractivity (Wildman–Crippen MR) is 65.2 cm³/mol. The van der Waals surface area contributed by atoms with Crippen LogP contribution in [-0.2, 0) is 11.2 Å². The number of nitrogens with one attached hydrogen (secondary N) is 1. The molecule has 0 bridgehead atoms. The third-order valence-corrected chi connectivity index (χ3v) is 2.56. The van der Waals surface area contributed by atoms with Gasteiger partial charge >= 0.3 is 0 Å². The number of amides is 1. The number of carbonyl (C=O) groups is 1. The van der Waals surface area contributed by atoms with Crippen molar-refractivity contribution in [1.82, 2.24) is 15.5 Å². The van der Waals surface area contributed by atoms with E-state index in [0.29, 0.717) is 24.0 Å². The van der Waals surface area contributed by atoms with Crippen LogP contribution in [0, 0.1) is 6.92 Å². The third kappa shape index (κ3) is 3.41. The largest absolute Gasteiger partial charge is 0.469 e. The molecule has 102 valence electrons. The van der Waals surface area contributed by atoms with Crippen molar-refractivity contribution in [3.8, 4) is 11.5 Å². The zero-order valence-corrected chi connectivity index (χ0v) is 10.5. The van der Waals surface area contributed by atoms with Crippen LogP contribution >= 0.6 is 0 Å². The molecule has 0 aliphatic carbocycles. The van der Waals surface area contributed by atoms with Crippen LogP contribution in [0.25, 0.3) is 11.5 Å². The minimum Gasteiger partial charge on any atom is -0.469 e. The van der Waals surface area contributed by atoms with E-state index in [0.717, 1.165) is 5.56 Å². The van der Waals surface area contributed by atoms with Gasteiger partial charge in [0.05, 0.1) is 18.4 Å². The molecule has 2 aromatic rings. The summed E-state index contributed by atoms with van der Waals surface area (Å²) in [5.74, 6) is 1.33. The van der Waals surface area contributed by atoms with Crippen molar-refractivity contribution in [2.24, 2.45) is 0 Å². The lowest BCUT2D eigenvalue weighted by molar-refractivity contribution is -0.121. The maximum atomic E-state index is 11.3. The minimum atomic E-state index is -0.159. The monoisotopic (exact) mass is 265 g/mol. The first kappa shape index (κ1) is 13.3. The molecule has 0 fully saturated rings. The number of aliphatic hydroxyl groups excluding tert-OH is 1. The smallest absolute Gasteiger partial charge is 0.251 e. The first-order valence-corrected chi connectivity index (χ1v) is 5.95. The van der Waals surface area contributed by atoms with Crippen molar-refractivity contribution in [1.29, 1.82) is 0 Å². The number of hydrogen-bond acceptors (Lipinski definition) is 6. The topological polar surface area (TPSA) is 101 Å². The SMILES string of the molecule is Cc1occc1-c1nnc(CCC(=O)NCCO)o1. The number of hydrogen-bond donors (Lipinski definition) is 2. The van der Waals surface area contributed by atoms with E-state index in [1.807, 2.05) is 6.92 Å². The Bertz CT molecular complexity index is 547. The van der Waals surface area contributed by atoms with Crippen LogP contribution in [0.4, 0.5) is 0 Å². The third-order valence-electron chi connectivity index (χ3n) is 2.56. The average Bonchev–Trinajstić information content (AvgIpc) is 3.02. The van der Waals surface area contributed by atoms with E-state index in [1.54, 1.807) is 12.3 Å². The summed E-state index contributed by atoms with van der Waals surface area (Å²) in [6, 6.07) is 1.75. The molecule has 0 saturated carbocycles. The van der Waals surface area contributed by atoms with Gasteiger partial charge in [0.2, 0.25) is 11.8 Å². The normalized spacial score (nSPS) is 10.6. The van der Waals surface area contributed by atoms with Crippen molar-refractivity contribution in [3.63, 3.8) is 0 Å². The Kier molecular flexibility index (Phi) is 4.30. The van der Waals surface area contributed by atoms with Gasteiger partial charge < -0.3 is 19.3 Å². The summed E-state index contributed by atoms with van der Waals surface area (Å²) >= 11 is 0. The molecule has 0 aliphatic heterocycles. The predicted octanol–water partition coefficient (Wildman–Crippen LogP) is 0.679. The Morgan fingerprint density at radius 1 is 1.47 bits per heavy atom. The summed E-state index contributed by atoms with van der Waals surface area (Å²) < 4.78 is 10.6. The molecular weight excluding hydrogens is 250 g/mol. The molecule has 1 amide bonds. The molecule has 2 N–H and O–H groups in total. The summed E-state index contributed by atoms with van der Waals surface area (Å²) in [5.41, 5.74) is 0.753. The Morgan fingerprint density at radius 3 is 3.00 bits per heavy atom. The molecule has 2 aromatic heterocycles. The van der Waals surface area contributed by atoms with Crippen LogP contribution in [0.2, 0.25) is 0 Å². The van der Waals surface area contributed by atoms with Crippen LogP contribution in [-0.4, -0.2) is 34.4 Å². The van der Waals surface area contributed by atoms with E-state index in [1.165, 1.54) is 0 Å². The first-order chi connectivity index (χ1) is 9.20. The number of nitrogens with zero attached hydrogens (tertiary/aromatic N) is 2. The van der Waals surface area contributed by atoms with Crippen LogP contribution in [0.5, 0.6) is 0 Å². The fourth-order valence-corrected chi connectivity index (χ4v) is 1.57. The van der Waals surface area contributed by atoms with Crippen molar-refractivity contribution in [2.45, 2.75) is 19.8 Å². The maximum Gasteiger partial charge on any atom is 0.251 e. The second-order valence-electron chi connectivity index (χ2n) is 3.96. The standard InChI is InChI=1S/C12H15N3O4/c1-8-9(4-7-18-8)12-15-14-11(19-12)3-2-10(17)13-5-6-16/h4,7,16H,2-3,5-6H2,1H3,(H,13,17). The molecule has 19 heavy (non-hydrogen) atoms. The average molecular weight is 265 g/mol. The highest BCUT2D eigenvalue weighted by Crippen LogP contribution is 2.22. The summed E-state index contributed by atoms with van der Waals surface area (Å²) in [4.78, 5) is 11.3. The highest BCUT2D eigenvalue weighted by Gasteiger charge is 2.13. The van der Waals surface area contributed by atoms with E-state index >= 15 is 0 Å². The van der Waals surface area contributed by atoms with Crippen LogP contribution in [0.3, 0.4) is 0 Å². The van der Waals surface area contributed by atoms with E-state index in [9.17, 15) is 4.79 Å². The highest BCUT2D eigenvalue weighted by atomic mass is 16.4. The van der Waals surface area contributed by atoms with Gasteiger partial charge in [-0.1, -0.05) is 0 Å². The Labute approximate surface area is 109 Å². The number of rotatable bonds is 6. The van der Waals surface area contributed by atoms with Crippen molar-refractivity contribution in [2.75, 3.05) is 13.2 Å². The molecule has 2 rings (SSSR count). The van der Waals surface area contributed by atoms with Gasteiger partial charge in [-0.25, -0.2) is 0 Å². The first-order valence-electron chi connectivity index (χ1n) is 5.95. The molecule has 7 nitrogen and oxygen atoms in total. The molecule has 0 aromatic carbocycles. The van der Waals surface area contributed by atoms with Gasteiger partial charge in [-0.15, -0.1) is 10.2 Å². The number of aromatic nitrogens is 2. The number of furan rings is 1. The van der Waals surface area contributed by atoms with Crippen LogP contribution < -0.4 is 5.32 Å². The Hall–Kier alpha value is -2.15. The van der Waals surface area contributed by atoms with Crippen molar-refractivity contribution in [3.05, 3.63) is 24.0 Å². The van der Waals surface area contributed by atoms with Crippen LogP contribution in [0.1, 0.15) is 18.1 Å². The summed E-state index contributed by atoms with van der Waals surface area (Å²) in [5, 5.41) is 18.9. The zero-order chi connectivity index (χ0) is 13.7. The van der Waals surface area contributed by atoms with Gasteiger partial charge in [0.1, 0.15) is 5.76 Å². The fourth-order valence-electron chi connectivity index (χ4n) is 1.57. The molecule has 0 aliphatic rings. The molecule has 0 radical (unpaired) electrons. The molecule has 2 heterocycles. The minimum absolute atomic E-state index is 0.0732. The lowest BCUT2D eigenvalue weighted by atomic mass is 10.2. The second kappa shape index (κ2) is 6.14. The van der Waals surface area contributed by atoms with Gasteiger partial charge in [-0.2, -0.15) is 0 Å². The Balaban J connectivity index is 1.91. The van der Waals surface area contributed by atoms with Gasteiger partial charge in [-0.3, -0.25) is 4.79 Å². The maximum absolute atomic E-state index is 11.3. The summed E-state index contributed by atoms with van der Waals surface area (Å²) in [7, 11) is 0. The zero-order valence-electron chi connectivity index (χ0n) is 10.5. The van der Waals surface area contributed by atoms with E-state index < -0.39 is 0 Å². The number of aliphatic hydroxyl groups is 1. The Morgan fingerprint density at radius 2 is 2.32 bits per heavy atom. The quantitative estimate of drug-likeness (QED) is 0.796. The van der Waals surface area contributed by atoms with E-state index in [-0.39, 0.29) is 25.5 Å². The highest BCUT2D eigenvalue weighted by molar-refractivity contribution is 5.75. The lowest BCUT2D eigenvalue weighted by Crippen LogP contribution is -2.26. The molecule has 0 atom stereocenters.